The molecule has 0 spiro atoms. The smallest absolute Gasteiger partial charge is 0.245 e. The number of hydrogen-bond donors (Lipinski definition) is 0. The number of nitrogens with zero attached hydrogens (tertiary/aromatic N) is 2. The second-order valence-electron chi connectivity index (χ2n) is 3.98. The van der Waals surface area contributed by atoms with Gasteiger partial charge in [0.2, 0.25) is 5.91 Å². The lowest BCUT2D eigenvalue weighted by Crippen LogP contribution is -3.00. The van der Waals surface area contributed by atoms with Gasteiger partial charge in [-0.3, -0.25) is 4.79 Å². The van der Waals surface area contributed by atoms with E-state index in [1.165, 1.54) is 6.08 Å². The molecule has 0 rings (SSSR count). The van der Waals surface area contributed by atoms with Gasteiger partial charge in [-0.05, 0) is 6.08 Å². The Labute approximate surface area is 87.0 Å². The van der Waals surface area contributed by atoms with Gasteiger partial charge in [-0.25, -0.2) is 0 Å². The minimum absolute atomic E-state index is 0. The largest absolute Gasteiger partial charge is 1.00 e. The van der Waals surface area contributed by atoms with Gasteiger partial charge in [0.25, 0.3) is 0 Å². The normalized spacial score (nSPS) is 10.2. The molecule has 0 heterocycles. The van der Waals surface area contributed by atoms with Gasteiger partial charge in [-0.15, -0.1) is 0 Å². The maximum Gasteiger partial charge on any atom is 0.245 e. The van der Waals surface area contributed by atoms with Crippen molar-refractivity contribution < 1.29 is 21.7 Å². The molecule has 0 aliphatic rings. The van der Waals surface area contributed by atoms with Gasteiger partial charge in [0.05, 0.1) is 34.2 Å². The third kappa shape index (κ3) is 7.81. The van der Waals surface area contributed by atoms with E-state index in [1.807, 2.05) is 0 Å². The number of carbonyl (C=O) groups is 1. The van der Waals surface area contributed by atoms with Crippen molar-refractivity contribution in [3.8, 4) is 0 Å². The van der Waals surface area contributed by atoms with Crippen LogP contribution in [0.5, 0.6) is 0 Å². The quantitative estimate of drug-likeness (QED) is 0.363. The van der Waals surface area contributed by atoms with Gasteiger partial charge in [-0.1, -0.05) is 6.58 Å². The molecule has 4 heteroatoms. The predicted molar refractivity (Wildman–Crippen MR) is 50.7 cm³/mol. The fourth-order valence-electron chi connectivity index (χ4n) is 0.716. The summed E-state index contributed by atoms with van der Waals surface area (Å²) in [5.74, 6) is -0.0107. The Hall–Kier alpha value is -0.540. The molecule has 0 aliphatic carbocycles. The highest BCUT2D eigenvalue weighted by Crippen LogP contribution is 1.92. The van der Waals surface area contributed by atoms with Crippen molar-refractivity contribution in [1.29, 1.82) is 0 Å². The van der Waals surface area contributed by atoms with Crippen molar-refractivity contribution in [2.75, 3.05) is 41.3 Å². The van der Waals surface area contributed by atoms with Crippen molar-refractivity contribution in [3.05, 3.63) is 12.7 Å². The molecule has 0 saturated heterocycles. The first-order valence-electron chi connectivity index (χ1n) is 4.05. The van der Waals surface area contributed by atoms with Crippen LogP contribution in [0.2, 0.25) is 0 Å². The molecular weight excluding hydrogens is 188 g/mol. The first kappa shape index (κ1) is 15.0. The first-order valence-corrected chi connectivity index (χ1v) is 4.05. The Morgan fingerprint density at radius 2 is 1.92 bits per heavy atom. The molecule has 13 heavy (non-hydrogen) atoms. The zero-order valence-corrected chi connectivity index (χ0v) is 9.64. The Kier molecular flexibility index (Phi) is 6.90. The van der Waals surface area contributed by atoms with E-state index < -0.39 is 0 Å². The molecule has 0 bridgehead atoms. The zero-order chi connectivity index (χ0) is 9.78. The third-order valence-corrected chi connectivity index (χ3v) is 1.66. The van der Waals surface area contributed by atoms with Crippen LogP contribution in [0, 0.1) is 0 Å². The number of quaternary nitrogens is 1. The zero-order valence-electron chi connectivity index (χ0n) is 8.88. The van der Waals surface area contributed by atoms with Crippen LogP contribution in [0.3, 0.4) is 0 Å². The average molecular weight is 207 g/mol. The highest BCUT2D eigenvalue weighted by molar-refractivity contribution is 5.86. The molecule has 0 aliphatic heterocycles. The van der Waals surface area contributed by atoms with E-state index in [4.69, 9.17) is 0 Å². The molecule has 0 unspecified atom stereocenters. The molecule has 0 aromatic carbocycles. The first-order chi connectivity index (χ1) is 5.37. The van der Waals surface area contributed by atoms with Crippen LogP contribution in [0.4, 0.5) is 0 Å². The number of amides is 1. The molecule has 0 aromatic rings. The summed E-state index contributed by atoms with van der Waals surface area (Å²) in [7, 11) is 8.10. The van der Waals surface area contributed by atoms with Crippen LogP contribution in [-0.4, -0.2) is 56.6 Å². The lowest BCUT2D eigenvalue weighted by atomic mass is 10.4. The predicted octanol–water partition coefficient (Wildman–Crippen LogP) is -2.66. The van der Waals surface area contributed by atoms with Crippen LogP contribution >= 0.6 is 0 Å². The molecule has 0 aromatic heterocycles. The van der Waals surface area contributed by atoms with E-state index in [0.29, 0.717) is 0 Å². The molecule has 0 saturated carbocycles. The molecule has 0 N–H and O–H groups in total. The Morgan fingerprint density at radius 3 is 2.23 bits per heavy atom. The summed E-state index contributed by atoms with van der Waals surface area (Å²) in [6.45, 7) is 5.16. The topological polar surface area (TPSA) is 20.3 Å². The van der Waals surface area contributed by atoms with Crippen LogP contribution < -0.4 is 12.4 Å². The summed E-state index contributed by atoms with van der Waals surface area (Å²) in [4.78, 5) is 12.7. The van der Waals surface area contributed by atoms with Crippen molar-refractivity contribution in [2.45, 2.75) is 0 Å². The number of rotatable bonds is 4. The molecule has 0 fully saturated rings. The molecule has 1 amide bonds. The van der Waals surface area contributed by atoms with Crippen LogP contribution in [0.25, 0.3) is 0 Å². The number of carbonyl (C=O) groups excluding carboxylic acids is 1. The second kappa shape index (κ2) is 6.00. The Bertz CT molecular complexity index is 175. The van der Waals surface area contributed by atoms with E-state index in [9.17, 15) is 4.79 Å². The maximum absolute atomic E-state index is 11.0. The average Bonchev–Trinajstić information content (AvgIpc) is 1.97. The highest BCUT2D eigenvalue weighted by Gasteiger charge is 2.10. The van der Waals surface area contributed by atoms with Gasteiger partial charge in [-0.2, -0.15) is 0 Å². The summed E-state index contributed by atoms with van der Waals surface area (Å²) in [6, 6.07) is 0. The number of hydrogen-bond acceptors (Lipinski definition) is 1. The van der Waals surface area contributed by atoms with Gasteiger partial charge in [0, 0.05) is 7.05 Å². The Balaban J connectivity index is 0. The van der Waals surface area contributed by atoms with E-state index >= 15 is 0 Å². The fourth-order valence-corrected chi connectivity index (χ4v) is 0.716. The summed E-state index contributed by atoms with van der Waals surface area (Å²) in [5.41, 5.74) is 0. The van der Waals surface area contributed by atoms with Crippen molar-refractivity contribution >= 4 is 5.91 Å². The monoisotopic (exact) mass is 206 g/mol. The van der Waals surface area contributed by atoms with E-state index in [2.05, 4.69) is 27.7 Å². The summed E-state index contributed by atoms with van der Waals surface area (Å²) < 4.78 is 0.870. The van der Waals surface area contributed by atoms with Crippen LogP contribution in [0.1, 0.15) is 0 Å². The number of likely N-dealkylation sites (N-methyl/N-ethyl adjacent to an activating group) is 2. The standard InChI is InChI=1S/C9H19N2O.ClH/c1-6-9(12)10(2)7-8-11(3,4)5;/h6H,1,7-8H2,2-5H3;1H/q+1;/p-1. The minimum atomic E-state index is -0.0107. The third-order valence-electron chi connectivity index (χ3n) is 1.66. The minimum Gasteiger partial charge on any atom is -1.00 e. The van der Waals surface area contributed by atoms with Crippen LogP contribution in [-0.2, 0) is 4.79 Å². The molecular formula is C9H19ClN2O. The van der Waals surface area contributed by atoms with Crippen LogP contribution in [0.15, 0.2) is 12.7 Å². The van der Waals surface area contributed by atoms with Gasteiger partial charge in [0.1, 0.15) is 0 Å². The van der Waals surface area contributed by atoms with Gasteiger partial charge in [0.15, 0.2) is 0 Å². The van der Waals surface area contributed by atoms with Gasteiger partial charge < -0.3 is 21.8 Å². The maximum atomic E-state index is 11.0. The SMILES string of the molecule is C=CC(=O)N(C)CC[N+](C)(C)C.[Cl-]. The molecule has 0 atom stereocenters. The van der Waals surface area contributed by atoms with Crippen molar-refractivity contribution in [2.24, 2.45) is 0 Å². The lowest BCUT2D eigenvalue weighted by Gasteiger charge is -2.26. The lowest BCUT2D eigenvalue weighted by molar-refractivity contribution is -0.869. The molecule has 0 radical (unpaired) electrons. The van der Waals surface area contributed by atoms with E-state index in [0.717, 1.165) is 17.6 Å². The summed E-state index contributed by atoms with van der Waals surface area (Å²) >= 11 is 0. The van der Waals surface area contributed by atoms with Crippen molar-refractivity contribution in [1.82, 2.24) is 4.90 Å². The van der Waals surface area contributed by atoms with Crippen molar-refractivity contribution in [3.63, 3.8) is 0 Å². The van der Waals surface area contributed by atoms with E-state index in [-0.39, 0.29) is 18.3 Å². The number of halogens is 1. The summed E-state index contributed by atoms with van der Waals surface area (Å²) in [6.07, 6.45) is 1.34. The summed E-state index contributed by atoms with van der Waals surface area (Å²) in [5, 5.41) is 0. The molecule has 3 nitrogen and oxygen atoms in total. The molecule has 78 valence electrons. The highest BCUT2D eigenvalue weighted by atomic mass is 35.5. The van der Waals surface area contributed by atoms with E-state index in [1.54, 1.807) is 11.9 Å². The fraction of sp³-hybridized carbons (Fsp3) is 0.667. The van der Waals surface area contributed by atoms with Gasteiger partial charge >= 0.3 is 0 Å². The Morgan fingerprint density at radius 1 is 1.46 bits per heavy atom. The second-order valence-corrected chi connectivity index (χ2v) is 3.98.